The van der Waals surface area contributed by atoms with Crippen LogP contribution in [0, 0.1) is 6.92 Å². The smallest absolute Gasteiger partial charge is 0.124 e. The number of ether oxygens (including phenoxy) is 3. The second-order valence-electron chi connectivity index (χ2n) is 4.48. The summed E-state index contributed by atoms with van der Waals surface area (Å²) in [6.45, 7) is 6.44. The van der Waals surface area contributed by atoms with Crippen molar-refractivity contribution < 1.29 is 14.2 Å². The minimum absolute atomic E-state index is 0.0974. The van der Waals surface area contributed by atoms with E-state index in [0.717, 1.165) is 11.3 Å². The van der Waals surface area contributed by atoms with E-state index in [-0.39, 0.29) is 12.1 Å². The molecule has 0 aromatic heterocycles. The van der Waals surface area contributed by atoms with Crippen molar-refractivity contribution in [3.05, 3.63) is 29.3 Å². The molecule has 1 aromatic carbocycles. The zero-order valence-electron chi connectivity index (χ0n) is 11.0. The van der Waals surface area contributed by atoms with E-state index in [9.17, 15) is 0 Å². The van der Waals surface area contributed by atoms with Gasteiger partial charge < -0.3 is 19.9 Å². The van der Waals surface area contributed by atoms with Gasteiger partial charge >= 0.3 is 0 Å². The highest BCUT2D eigenvalue weighted by molar-refractivity contribution is 5.39. The molecule has 0 spiro atoms. The van der Waals surface area contributed by atoms with Gasteiger partial charge in [0.2, 0.25) is 0 Å². The molecular weight excluding hydrogens is 230 g/mol. The average molecular weight is 251 g/mol. The molecule has 1 aliphatic heterocycles. The Kier molecular flexibility index (Phi) is 4.58. The lowest BCUT2D eigenvalue weighted by molar-refractivity contribution is -0.0977. The van der Waals surface area contributed by atoms with E-state index >= 15 is 0 Å². The Bertz CT molecular complexity index is 389. The van der Waals surface area contributed by atoms with E-state index in [0.29, 0.717) is 26.4 Å². The largest absolute Gasteiger partial charge is 0.494 e. The first kappa shape index (κ1) is 13.3. The zero-order valence-corrected chi connectivity index (χ0v) is 11.0. The van der Waals surface area contributed by atoms with E-state index in [1.165, 1.54) is 5.56 Å². The van der Waals surface area contributed by atoms with Crippen molar-refractivity contribution in [1.29, 1.82) is 0 Å². The van der Waals surface area contributed by atoms with Gasteiger partial charge in [-0.15, -0.1) is 0 Å². The Labute approximate surface area is 108 Å². The SMILES string of the molecule is CCOc1ccc(C)cc1C(N)C1COCCO1. The lowest BCUT2D eigenvalue weighted by atomic mass is 9.99. The molecule has 100 valence electrons. The molecule has 1 aliphatic rings. The van der Waals surface area contributed by atoms with Crippen molar-refractivity contribution in [2.75, 3.05) is 26.4 Å². The number of aryl methyl sites for hydroxylation is 1. The number of hydrogen-bond acceptors (Lipinski definition) is 4. The Balaban J connectivity index is 2.21. The van der Waals surface area contributed by atoms with Gasteiger partial charge in [-0.2, -0.15) is 0 Å². The summed E-state index contributed by atoms with van der Waals surface area (Å²) in [4.78, 5) is 0. The summed E-state index contributed by atoms with van der Waals surface area (Å²) in [6, 6.07) is 5.84. The second kappa shape index (κ2) is 6.18. The monoisotopic (exact) mass is 251 g/mol. The Morgan fingerprint density at radius 3 is 2.94 bits per heavy atom. The third-order valence-corrected chi connectivity index (χ3v) is 3.07. The predicted molar refractivity (Wildman–Crippen MR) is 69.8 cm³/mol. The van der Waals surface area contributed by atoms with Gasteiger partial charge in [-0.05, 0) is 19.9 Å². The first-order chi connectivity index (χ1) is 8.72. The number of benzene rings is 1. The van der Waals surface area contributed by atoms with Gasteiger partial charge in [-0.3, -0.25) is 0 Å². The van der Waals surface area contributed by atoms with Crippen LogP contribution in [0.3, 0.4) is 0 Å². The van der Waals surface area contributed by atoms with Crippen LogP contribution in [0.5, 0.6) is 5.75 Å². The molecule has 0 saturated carbocycles. The normalized spacial score (nSPS) is 21.6. The molecule has 0 radical (unpaired) electrons. The van der Waals surface area contributed by atoms with Crippen LogP contribution in [-0.4, -0.2) is 32.5 Å². The Morgan fingerprint density at radius 1 is 1.44 bits per heavy atom. The molecule has 0 amide bonds. The third kappa shape index (κ3) is 3.02. The lowest BCUT2D eigenvalue weighted by Gasteiger charge is -2.29. The van der Waals surface area contributed by atoms with Gasteiger partial charge in [-0.1, -0.05) is 17.7 Å². The quantitative estimate of drug-likeness (QED) is 0.886. The van der Waals surface area contributed by atoms with Gasteiger partial charge in [0.05, 0.1) is 32.5 Å². The van der Waals surface area contributed by atoms with Gasteiger partial charge in [0, 0.05) is 5.56 Å². The molecule has 4 nitrogen and oxygen atoms in total. The summed E-state index contributed by atoms with van der Waals surface area (Å²) in [7, 11) is 0. The van der Waals surface area contributed by atoms with Crippen molar-refractivity contribution in [2.45, 2.75) is 26.0 Å². The second-order valence-corrected chi connectivity index (χ2v) is 4.48. The Morgan fingerprint density at radius 2 is 2.28 bits per heavy atom. The van der Waals surface area contributed by atoms with Crippen LogP contribution in [0.4, 0.5) is 0 Å². The lowest BCUT2D eigenvalue weighted by Crippen LogP contribution is -2.38. The van der Waals surface area contributed by atoms with Crippen LogP contribution in [0.25, 0.3) is 0 Å². The van der Waals surface area contributed by atoms with E-state index in [2.05, 4.69) is 6.07 Å². The van der Waals surface area contributed by atoms with E-state index in [1.807, 2.05) is 26.0 Å². The standard InChI is InChI=1S/C14H21NO3/c1-3-17-12-5-4-10(2)8-11(12)14(15)13-9-16-6-7-18-13/h4-5,8,13-14H,3,6-7,9,15H2,1-2H3. The van der Waals surface area contributed by atoms with Crippen LogP contribution < -0.4 is 10.5 Å². The minimum atomic E-state index is -0.216. The van der Waals surface area contributed by atoms with Crippen LogP contribution in [-0.2, 0) is 9.47 Å². The molecule has 2 unspecified atom stereocenters. The number of nitrogens with two attached hydrogens (primary N) is 1. The number of hydrogen-bond donors (Lipinski definition) is 1. The van der Waals surface area contributed by atoms with Crippen LogP contribution in [0.1, 0.15) is 24.1 Å². The molecule has 1 saturated heterocycles. The molecule has 2 rings (SSSR count). The van der Waals surface area contributed by atoms with Crippen molar-refractivity contribution >= 4 is 0 Å². The van der Waals surface area contributed by atoms with E-state index < -0.39 is 0 Å². The molecule has 0 aliphatic carbocycles. The van der Waals surface area contributed by atoms with Crippen molar-refractivity contribution in [1.82, 2.24) is 0 Å². The molecule has 1 fully saturated rings. The predicted octanol–water partition coefficient (Wildman–Crippen LogP) is 1.81. The van der Waals surface area contributed by atoms with Crippen LogP contribution >= 0.6 is 0 Å². The fourth-order valence-corrected chi connectivity index (χ4v) is 2.13. The molecule has 1 aromatic rings. The third-order valence-electron chi connectivity index (χ3n) is 3.07. The fraction of sp³-hybridized carbons (Fsp3) is 0.571. The molecule has 2 atom stereocenters. The van der Waals surface area contributed by atoms with E-state index in [4.69, 9.17) is 19.9 Å². The maximum atomic E-state index is 6.28. The summed E-state index contributed by atoms with van der Waals surface area (Å²) in [5.74, 6) is 0.838. The molecule has 4 heteroatoms. The van der Waals surface area contributed by atoms with Gasteiger partial charge in [0.1, 0.15) is 11.9 Å². The fourth-order valence-electron chi connectivity index (χ4n) is 2.13. The summed E-state index contributed by atoms with van der Waals surface area (Å²) >= 11 is 0. The van der Waals surface area contributed by atoms with Gasteiger partial charge in [-0.25, -0.2) is 0 Å². The molecule has 2 N–H and O–H groups in total. The number of rotatable bonds is 4. The maximum absolute atomic E-state index is 6.28. The van der Waals surface area contributed by atoms with Gasteiger partial charge in [0.15, 0.2) is 0 Å². The zero-order chi connectivity index (χ0) is 13.0. The molecule has 18 heavy (non-hydrogen) atoms. The molecule has 1 heterocycles. The van der Waals surface area contributed by atoms with Crippen molar-refractivity contribution in [3.63, 3.8) is 0 Å². The van der Waals surface area contributed by atoms with Crippen LogP contribution in [0.15, 0.2) is 18.2 Å². The Hall–Kier alpha value is -1.10. The van der Waals surface area contributed by atoms with Crippen molar-refractivity contribution in [2.24, 2.45) is 5.73 Å². The highest BCUT2D eigenvalue weighted by atomic mass is 16.6. The maximum Gasteiger partial charge on any atom is 0.124 e. The topological polar surface area (TPSA) is 53.7 Å². The summed E-state index contributed by atoms with van der Waals surface area (Å²) in [5.41, 5.74) is 8.44. The molecule has 0 bridgehead atoms. The summed E-state index contributed by atoms with van der Waals surface area (Å²) in [5, 5.41) is 0. The molecular formula is C14H21NO3. The van der Waals surface area contributed by atoms with Crippen molar-refractivity contribution in [3.8, 4) is 5.75 Å². The minimum Gasteiger partial charge on any atom is -0.494 e. The summed E-state index contributed by atoms with van der Waals surface area (Å²) < 4.78 is 16.7. The highest BCUT2D eigenvalue weighted by Crippen LogP contribution is 2.29. The summed E-state index contributed by atoms with van der Waals surface area (Å²) in [6.07, 6.45) is -0.0974. The van der Waals surface area contributed by atoms with E-state index in [1.54, 1.807) is 0 Å². The highest BCUT2D eigenvalue weighted by Gasteiger charge is 2.25. The van der Waals surface area contributed by atoms with Gasteiger partial charge in [0.25, 0.3) is 0 Å². The van der Waals surface area contributed by atoms with Crippen LogP contribution in [0.2, 0.25) is 0 Å². The first-order valence-electron chi connectivity index (χ1n) is 6.40. The first-order valence-corrected chi connectivity index (χ1v) is 6.40. The average Bonchev–Trinajstić information content (AvgIpc) is 2.41.